The molecule has 0 radical (unpaired) electrons. The van der Waals surface area contributed by atoms with Gasteiger partial charge < -0.3 is 5.11 Å². The Hall–Kier alpha value is -2.38. The van der Waals surface area contributed by atoms with Crippen molar-refractivity contribution in [2.45, 2.75) is 6.61 Å². The molecule has 0 heterocycles. The van der Waals surface area contributed by atoms with Crippen molar-refractivity contribution in [3.05, 3.63) is 72.3 Å². The first-order chi connectivity index (χ1) is 9.86. The summed E-state index contributed by atoms with van der Waals surface area (Å²) < 4.78 is 0. The predicted molar refractivity (Wildman–Crippen MR) is 84.9 cm³/mol. The molecule has 0 aliphatic carbocycles. The Bertz CT molecular complexity index is 938. The van der Waals surface area contributed by atoms with Crippen molar-refractivity contribution < 1.29 is 5.11 Å². The molecular formula is C19H14O. The van der Waals surface area contributed by atoms with Gasteiger partial charge in [0.1, 0.15) is 0 Å². The second-order valence-electron chi connectivity index (χ2n) is 5.16. The highest BCUT2D eigenvalue weighted by Crippen LogP contribution is 2.30. The molecule has 0 bridgehead atoms. The van der Waals surface area contributed by atoms with Crippen LogP contribution in [-0.4, -0.2) is 5.11 Å². The van der Waals surface area contributed by atoms with Crippen LogP contribution < -0.4 is 0 Å². The fourth-order valence-corrected chi connectivity index (χ4v) is 2.98. The molecule has 0 aliphatic rings. The van der Waals surface area contributed by atoms with Gasteiger partial charge in [0.25, 0.3) is 0 Å². The monoisotopic (exact) mass is 258 g/mol. The summed E-state index contributed by atoms with van der Waals surface area (Å²) in [6, 6.07) is 23.3. The number of aliphatic hydroxyl groups excluding tert-OH is 1. The smallest absolute Gasteiger partial charge is 0.0687 e. The van der Waals surface area contributed by atoms with Gasteiger partial charge >= 0.3 is 0 Å². The lowest BCUT2D eigenvalue weighted by molar-refractivity contribution is 0.283. The molecule has 0 atom stereocenters. The van der Waals surface area contributed by atoms with Crippen molar-refractivity contribution >= 4 is 32.3 Å². The average molecular weight is 258 g/mol. The molecule has 0 amide bonds. The van der Waals surface area contributed by atoms with E-state index in [1.807, 2.05) is 12.1 Å². The molecule has 0 aliphatic heterocycles. The van der Waals surface area contributed by atoms with Crippen LogP contribution in [0.25, 0.3) is 32.3 Å². The lowest BCUT2D eigenvalue weighted by Crippen LogP contribution is -1.86. The van der Waals surface area contributed by atoms with Crippen molar-refractivity contribution in [3.8, 4) is 0 Å². The van der Waals surface area contributed by atoms with E-state index < -0.39 is 0 Å². The maximum absolute atomic E-state index is 9.52. The highest BCUT2D eigenvalue weighted by Gasteiger charge is 2.05. The van der Waals surface area contributed by atoms with Crippen molar-refractivity contribution in [2.24, 2.45) is 0 Å². The summed E-state index contributed by atoms with van der Waals surface area (Å²) in [5.74, 6) is 0. The maximum atomic E-state index is 9.52. The van der Waals surface area contributed by atoms with E-state index in [9.17, 15) is 5.11 Å². The van der Waals surface area contributed by atoms with Crippen molar-refractivity contribution in [1.29, 1.82) is 0 Å². The third kappa shape index (κ3) is 1.60. The van der Waals surface area contributed by atoms with Crippen molar-refractivity contribution in [1.82, 2.24) is 0 Å². The predicted octanol–water partition coefficient (Wildman–Crippen LogP) is 4.64. The molecule has 1 nitrogen and oxygen atoms in total. The molecule has 96 valence electrons. The first-order valence-electron chi connectivity index (χ1n) is 6.81. The van der Waals surface area contributed by atoms with Gasteiger partial charge in [0, 0.05) is 0 Å². The van der Waals surface area contributed by atoms with Crippen molar-refractivity contribution in [2.75, 3.05) is 0 Å². The van der Waals surface area contributed by atoms with Crippen LogP contribution in [-0.2, 0) is 6.61 Å². The molecule has 0 aromatic heterocycles. The molecule has 0 saturated carbocycles. The van der Waals surface area contributed by atoms with E-state index in [2.05, 4.69) is 54.6 Å². The van der Waals surface area contributed by atoms with Gasteiger partial charge in [-0.1, -0.05) is 54.6 Å². The lowest BCUT2D eigenvalue weighted by atomic mass is 9.96. The average Bonchev–Trinajstić information content (AvgIpc) is 2.52. The molecule has 1 N–H and O–H groups in total. The number of benzene rings is 4. The Labute approximate surface area is 117 Å². The largest absolute Gasteiger partial charge is 0.392 e. The third-order valence-corrected chi connectivity index (χ3v) is 4.00. The molecule has 4 aromatic rings. The van der Waals surface area contributed by atoms with Crippen LogP contribution in [0.5, 0.6) is 0 Å². The fourth-order valence-electron chi connectivity index (χ4n) is 2.98. The lowest BCUT2D eigenvalue weighted by Gasteiger charge is -2.08. The van der Waals surface area contributed by atoms with E-state index in [1.54, 1.807) is 0 Å². The minimum atomic E-state index is 0.0770. The van der Waals surface area contributed by atoms with Crippen LogP contribution >= 0.6 is 0 Å². The second-order valence-corrected chi connectivity index (χ2v) is 5.16. The topological polar surface area (TPSA) is 20.2 Å². The van der Waals surface area contributed by atoms with Crippen LogP contribution in [0.1, 0.15) is 5.56 Å². The Morgan fingerprint density at radius 3 is 2.25 bits per heavy atom. The zero-order chi connectivity index (χ0) is 13.5. The quantitative estimate of drug-likeness (QED) is 0.389. The Kier molecular flexibility index (Phi) is 2.48. The van der Waals surface area contributed by atoms with Crippen LogP contribution in [0, 0.1) is 0 Å². The number of fused-ring (bicyclic) bond motifs is 4. The van der Waals surface area contributed by atoms with E-state index in [1.165, 1.54) is 26.9 Å². The zero-order valence-corrected chi connectivity index (χ0v) is 11.0. The van der Waals surface area contributed by atoms with E-state index in [0.717, 1.165) is 10.9 Å². The molecule has 0 saturated heterocycles. The summed E-state index contributed by atoms with van der Waals surface area (Å²) in [4.78, 5) is 0. The molecule has 1 heteroatoms. The fraction of sp³-hybridized carbons (Fsp3) is 0.0526. The van der Waals surface area contributed by atoms with Crippen molar-refractivity contribution in [3.63, 3.8) is 0 Å². The molecule has 4 rings (SSSR count). The molecular weight excluding hydrogens is 244 g/mol. The van der Waals surface area contributed by atoms with E-state index >= 15 is 0 Å². The Morgan fingerprint density at radius 1 is 0.600 bits per heavy atom. The number of aliphatic hydroxyl groups is 1. The SMILES string of the molecule is OCc1cccc2cc3ccc4ccccc4c3cc12. The summed E-state index contributed by atoms with van der Waals surface area (Å²) in [7, 11) is 0. The van der Waals surface area contributed by atoms with Gasteiger partial charge in [0.05, 0.1) is 6.61 Å². The standard InChI is InChI=1S/C19H14O/c20-12-16-6-3-5-14-10-15-9-8-13-4-1-2-7-17(13)19(15)11-18(14)16/h1-11,20H,12H2. The van der Waals surface area contributed by atoms with Gasteiger partial charge in [-0.25, -0.2) is 0 Å². The van der Waals surface area contributed by atoms with Gasteiger partial charge in [0.2, 0.25) is 0 Å². The molecule has 0 fully saturated rings. The zero-order valence-electron chi connectivity index (χ0n) is 11.0. The summed E-state index contributed by atoms with van der Waals surface area (Å²) in [6.45, 7) is 0.0770. The minimum Gasteiger partial charge on any atom is -0.392 e. The molecule has 4 aromatic carbocycles. The van der Waals surface area contributed by atoms with Gasteiger partial charge in [-0.15, -0.1) is 0 Å². The Morgan fingerprint density at radius 2 is 1.35 bits per heavy atom. The Balaban J connectivity index is 2.22. The third-order valence-electron chi connectivity index (χ3n) is 4.00. The summed E-state index contributed by atoms with van der Waals surface area (Å²) >= 11 is 0. The minimum absolute atomic E-state index is 0.0770. The van der Waals surface area contributed by atoms with Gasteiger partial charge in [-0.3, -0.25) is 0 Å². The first-order valence-corrected chi connectivity index (χ1v) is 6.81. The summed E-state index contributed by atoms with van der Waals surface area (Å²) in [6.07, 6.45) is 0. The van der Waals surface area contributed by atoms with Crippen LogP contribution in [0.4, 0.5) is 0 Å². The van der Waals surface area contributed by atoms with Crippen LogP contribution in [0.15, 0.2) is 66.7 Å². The van der Waals surface area contributed by atoms with E-state index in [0.29, 0.717) is 0 Å². The van der Waals surface area contributed by atoms with Crippen LogP contribution in [0.3, 0.4) is 0 Å². The van der Waals surface area contributed by atoms with E-state index in [-0.39, 0.29) is 6.61 Å². The normalized spacial score (nSPS) is 11.4. The summed E-state index contributed by atoms with van der Waals surface area (Å²) in [5.41, 5.74) is 0.984. The highest BCUT2D eigenvalue weighted by molar-refractivity contribution is 6.12. The van der Waals surface area contributed by atoms with Gasteiger partial charge in [-0.05, 0) is 50.0 Å². The second kappa shape index (κ2) is 4.32. The summed E-state index contributed by atoms with van der Waals surface area (Å²) in [5, 5.41) is 16.8. The van der Waals surface area contributed by atoms with E-state index in [4.69, 9.17) is 0 Å². The van der Waals surface area contributed by atoms with Crippen LogP contribution in [0.2, 0.25) is 0 Å². The van der Waals surface area contributed by atoms with Gasteiger partial charge in [-0.2, -0.15) is 0 Å². The number of rotatable bonds is 1. The number of hydrogen-bond acceptors (Lipinski definition) is 1. The number of hydrogen-bond donors (Lipinski definition) is 1. The van der Waals surface area contributed by atoms with Gasteiger partial charge in [0.15, 0.2) is 0 Å². The molecule has 20 heavy (non-hydrogen) atoms. The highest BCUT2D eigenvalue weighted by atomic mass is 16.3. The molecule has 0 spiro atoms. The molecule has 0 unspecified atom stereocenters. The maximum Gasteiger partial charge on any atom is 0.0687 e. The first kappa shape index (κ1) is 11.4.